The molecule has 0 amide bonds. The summed E-state index contributed by atoms with van der Waals surface area (Å²) >= 11 is 0. The van der Waals surface area contributed by atoms with Crippen molar-refractivity contribution in [3.8, 4) is 0 Å². The molecule has 0 bridgehead atoms. The fourth-order valence-corrected chi connectivity index (χ4v) is 9.80. The van der Waals surface area contributed by atoms with E-state index in [9.17, 15) is 14.3 Å². The number of esters is 1. The molecule has 0 saturated heterocycles. The highest BCUT2D eigenvalue weighted by Gasteiger charge is 2.26. The minimum absolute atomic E-state index is 0.0914. The average Bonchev–Trinajstić information content (AvgIpc) is 3.32. The first-order valence-corrected chi connectivity index (χ1v) is 32.1. The first-order valence-electron chi connectivity index (χ1n) is 30.6. The molecule has 9 heteroatoms. The number of carbonyl (C=O) groups is 1. The number of hydrogen-bond acceptors (Lipinski definition) is 6. The molecule has 0 aromatic carbocycles. The smallest absolute Gasteiger partial charge is 0.457 e. The summed E-state index contributed by atoms with van der Waals surface area (Å²) in [7, 11) is 1.68. The minimum Gasteiger partial charge on any atom is -0.457 e. The van der Waals surface area contributed by atoms with Crippen molar-refractivity contribution in [2.24, 2.45) is 0 Å². The van der Waals surface area contributed by atoms with E-state index in [-0.39, 0.29) is 25.8 Å². The summed E-state index contributed by atoms with van der Waals surface area (Å²) in [4.78, 5) is 23.1. The molecule has 0 aliphatic rings. The van der Waals surface area contributed by atoms with Crippen molar-refractivity contribution >= 4 is 13.8 Å². The van der Waals surface area contributed by atoms with Gasteiger partial charge in [-0.3, -0.25) is 13.8 Å². The van der Waals surface area contributed by atoms with Crippen molar-refractivity contribution in [3.05, 3.63) is 24.3 Å². The lowest BCUT2D eigenvalue weighted by molar-refractivity contribution is -0.870. The van der Waals surface area contributed by atoms with Gasteiger partial charge in [-0.25, -0.2) is 4.57 Å². The van der Waals surface area contributed by atoms with E-state index in [0.29, 0.717) is 24.1 Å². The van der Waals surface area contributed by atoms with Gasteiger partial charge < -0.3 is 18.9 Å². The number of quaternary nitrogens is 1. The predicted octanol–water partition coefficient (Wildman–Crippen LogP) is 19.5. The summed E-state index contributed by atoms with van der Waals surface area (Å²) in [6.07, 6.45) is 66.8. The Kier molecular flexibility index (Phi) is 53.5. The molecule has 8 nitrogen and oxygen atoms in total. The van der Waals surface area contributed by atoms with Crippen LogP contribution in [-0.2, 0) is 27.9 Å². The number of ether oxygens (including phenoxy) is 2. The van der Waals surface area contributed by atoms with Gasteiger partial charge in [-0.15, -0.1) is 0 Å². The van der Waals surface area contributed by atoms with Crippen LogP contribution in [0, 0.1) is 0 Å². The van der Waals surface area contributed by atoms with Gasteiger partial charge >= 0.3 is 13.8 Å². The molecule has 70 heavy (non-hydrogen) atoms. The van der Waals surface area contributed by atoms with Crippen LogP contribution in [0.5, 0.6) is 0 Å². The first kappa shape index (κ1) is 69.0. The van der Waals surface area contributed by atoms with Crippen LogP contribution in [0.1, 0.15) is 303 Å². The van der Waals surface area contributed by atoms with E-state index in [4.69, 9.17) is 18.5 Å². The number of allylic oxidation sites excluding steroid dienone is 4. The Bertz CT molecular complexity index is 1170. The fourth-order valence-electron chi connectivity index (χ4n) is 9.06. The van der Waals surface area contributed by atoms with Gasteiger partial charge in [-0.05, 0) is 44.9 Å². The third kappa shape index (κ3) is 57.9. The molecule has 2 atom stereocenters. The van der Waals surface area contributed by atoms with Crippen molar-refractivity contribution < 1.29 is 37.3 Å². The third-order valence-electron chi connectivity index (χ3n) is 13.8. The monoisotopic (exact) mass is 1010 g/mol. The van der Waals surface area contributed by atoms with Gasteiger partial charge in [-0.2, -0.15) is 0 Å². The lowest BCUT2D eigenvalue weighted by Crippen LogP contribution is -2.37. The zero-order chi connectivity index (χ0) is 51.2. The van der Waals surface area contributed by atoms with Gasteiger partial charge in [-0.1, -0.05) is 276 Å². The van der Waals surface area contributed by atoms with Crippen LogP contribution < -0.4 is 0 Å². The largest absolute Gasteiger partial charge is 0.472 e. The lowest BCUT2D eigenvalue weighted by atomic mass is 10.0. The minimum atomic E-state index is -4.28. The van der Waals surface area contributed by atoms with Crippen LogP contribution in [0.2, 0.25) is 0 Å². The highest BCUT2D eigenvalue weighted by molar-refractivity contribution is 7.47. The van der Waals surface area contributed by atoms with Crippen LogP contribution in [0.4, 0.5) is 0 Å². The molecule has 0 fully saturated rings. The zero-order valence-corrected chi connectivity index (χ0v) is 48.4. The summed E-state index contributed by atoms with van der Waals surface area (Å²) in [5.41, 5.74) is 0. The quantitative estimate of drug-likeness (QED) is 0.0213. The molecule has 0 spiro atoms. The average molecular weight is 1010 g/mol. The van der Waals surface area contributed by atoms with Gasteiger partial charge in [0, 0.05) is 13.0 Å². The van der Waals surface area contributed by atoms with Crippen LogP contribution in [0.15, 0.2) is 24.3 Å². The standard InChI is InChI=1S/C61H120NO7P/c1-6-8-10-12-14-16-18-20-22-24-26-28-30-32-34-36-38-40-42-44-46-48-50-52-54-61(63)69-60(59-68-70(64,65)67-57-55-62(3,4)5)58-66-56-53-51-49-47-45-43-41-39-37-35-33-31-29-27-25-23-21-19-17-15-13-11-9-7-2/h19,21,25,27,60H,6-18,20,22-24,26,28-59H2,1-5H3/p+1/b21-19-,27-25-. The maximum absolute atomic E-state index is 12.8. The Morgan fingerprint density at radius 2 is 0.786 bits per heavy atom. The number of carbonyl (C=O) groups excluding carboxylic acids is 1. The Labute approximate surface area is 436 Å². The Balaban J connectivity index is 4.01. The lowest BCUT2D eigenvalue weighted by Gasteiger charge is -2.24. The number of unbranched alkanes of at least 4 members (excludes halogenated alkanes) is 40. The first-order chi connectivity index (χ1) is 34.1. The molecule has 0 saturated carbocycles. The van der Waals surface area contributed by atoms with E-state index < -0.39 is 13.9 Å². The summed E-state index contributed by atoms with van der Waals surface area (Å²) < 4.78 is 35.3. The zero-order valence-electron chi connectivity index (χ0n) is 47.5. The SMILES string of the molecule is CCCCCCC/C=C\C/C=C\CCCCCCCCCCCCCCOCC(COP(=O)(O)OCC[N+](C)(C)C)OC(=O)CCCCCCCCCCCCCCCCCCCCCCCCCC. The van der Waals surface area contributed by atoms with Gasteiger partial charge in [0.05, 0.1) is 34.4 Å². The summed E-state index contributed by atoms with van der Waals surface area (Å²) in [5.74, 6) is -0.306. The molecule has 2 unspecified atom stereocenters. The molecular formula is C61H121NO7P+. The van der Waals surface area contributed by atoms with E-state index in [2.05, 4.69) is 38.2 Å². The maximum atomic E-state index is 12.8. The second-order valence-electron chi connectivity index (χ2n) is 22.1. The summed E-state index contributed by atoms with van der Waals surface area (Å²) in [6.45, 7) is 5.68. The summed E-state index contributed by atoms with van der Waals surface area (Å²) in [6, 6.07) is 0. The van der Waals surface area contributed by atoms with Gasteiger partial charge in [0.1, 0.15) is 19.3 Å². The Morgan fingerprint density at radius 1 is 0.443 bits per heavy atom. The molecule has 416 valence electrons. The normalized spacial score (nSPS) is 13.5. The molecule has 0 aliphatic carbocycles. The number of hydrogen-bond donors (Lipinski definition) is 1. The molecule has 0 aliphatic heterocycles. The van der Waals surface area contributed by atoms with Crippen molar-refractivity contribution in [2.45, 2.75) is 309 Å². The van der Waals surface area contributed by atoms with Crippen LogP contribution in [0.25, 0.3) is 0 Å². The Hall–Kier alpha value is -1.02. The number of rotatable bonds is 58. The van der Waals surface area contributed by atoms with E-state index in [1.54, 1.807) is 0 Å². The molecular weight excluding hydrogens is 890 g/mol. The van der Waals surface area contributed by atoms with Crippen LogP contribution >= 0.6 is 7.82 Å². The second kappa shape index (κ2) is 54.2. The molecule has 0 aromatic rings. The maximum Gasteiger partial charge on any atom is 0.472 e. The van der Waals surface area contributed by atoms with Gasteiger partial charge in [0.15, 0.2) is 0 Å². The van der Waals surface area contributed by atoms with Crippen LogP contribution in [-0.4, -0.2) is 75.6 Å². The molecule has 0 radical (unpaired) electrons. The molecule has 0 aromatic heterocycles. The molecule has 0 heterocycles. The summed E-state index contributed by atoms with van der Waals surface area (Å²) in [5, 5.41) is 0. The number of nitrogens with zero attached hydrogens (tertiary/aromatic N) is 1. The fraction of sp³-hybridized carbons (Fsp3) is 0.918. The van der Waals surface area contributed by atoms with E-state index in [1.807, 2.05) is 21.1 Å². The topological polar surface area (TPSA) is 91.3 Å². The van der Waals surface area contributed by atoms with Gasteiger partial charge in [0.2, 0.25) is 0 Å². The number of likely N-dealkylation sites (N-methyl/N-ethyl adjacent to an activating group) is 1. The number of phosphoric ester groups is 1. The third-order valence-corrected chi connectivity index (χ3v) is 14.7. The number of phosphoric acid groups is 1. The van der Waals surface area contributed by atoms with E-state index >= 15 is 0 Å². The molecule has 0 rings (SSSR count). The Morgan fingerprint density at radius 3 is 1.16 bits per heavy atom. The highest BCUT2D eigenvalue weighted by Crippen LogP contribution is 2.43. The van der Waals surface area contributed by atoms with Crippen molar-refractivity contribution in [3.63, 3.8) is 0 Å². The van der Waals surface area contributed by atoms with Crippen molar-refractivity contribution in [2.75, 3.05) is 54.1 Å². The van der Waals surface area contributed by atoms with Crippen molar-refractivity contribution in [1.29, 1.82) is 0 Å². The predicted molar refractivity (Wildman–Crippen MR) is 303 cm³/mol. The van der Waals surface area contributed by atoms with E-state index in [0.717, 1.165) is 38.5 Å². The van der Waals surface area contributed by atoms with Gasteiger partial charge in [0.25, 0.3) is 0 Å². The second-order valence-corrected chi connectivity index (χ2v) is 23.5. The highest BCUT2D eigenvalue weighted by atomic mass is 31.2. The van der Waals surface area contributed by atoms with Crippen molar-refractivity contribution in [1.82, 2.24) is 0 Å². The molecule has 1 N–H and O–H groups in total. The van der Waals surface area contributed by atoms with E-state index in [1.165, 1.54) is 244 Å². The van der Waals surface area contributed by atoms with Crippen LogP contribution in [0.3, 0.4) is 0 Å².